The van der Waals surface area contributed by atoms with Crippen LogP contribution in [0.2, 0.25) is 0 Å². The molecule has 3 unspecified atom stereocenters. The van der Waals surface area contributed by atoms with Crippen molar-refractivity contribution in [1.29, 1.82) is 0 Å². The van der Waals surface area contributed by atoms with E-state index in [1.54, 1.807) is 0 Å². The second-order valence-electron chi connectivity index (χ2n) is 5.74. The first-order chi connectivity index (χ1) is 9.17. The first-order valence-corrected chi connectivity index (χ1v) is 7.35. The second-order valence-corrected chi connectivity index (χ2v) is 5.74. The third-order valence-electron chi connectivity index (χ3n) is 4.23. The van der Waals surface area contributed by atoms with E-state index >= 15 is 0 Å². The van der Waals surface area contributed by atoms with E-state index < -0.39 is 0 Å². The lowest BCUT2D eigenvalue weighted by molar-refractivity contribution is 0.0774. The summed E-state index contributed by atoms with van der Waals surface area (Å²) in [6, 6.07) is 9.01. The van der Waals surface area contributed by atoms with Crippen molar-refractivity contribution in [2.24, 2.45) is 11.8 Å². The monoisotopic (exact) mass is 262 g/mol. The van der Waals surface area contributed by atoms with E-state index in [9.17, 15) is 0 Å². The summed E-state index contributed by atoms with van der Waals surface area (Å²) in [6.07, 6.45) is 2.46. The molecule has 0 aliphatic carbocycles. The molecular weight excluding hydrogens is 236 g/mol. The molecule has 0 amide bonds. The summed E-state index contributed by atoms with van der Waals surface area (Å²) in [4.78, 5) is 0. The van der Waals surface area contributed by atoms with Crippen molar-refractivity contribution in [3.63, 3.8) is 0 Å². The molecule has 2 rings (SSSR count). The van der Waals surface area contributed by atoms with Gasteiger partial charge in [-0.2, -0.15) is 0 Å². The van der Waals surface area contributed by atoms with Gasteiger partial charge in [-0.15, -0.1) is 0 Å². The zero-order valence-electron chi connectivity index (χ0n) is 12.2. The zero-order valence-corrected chi connectivity index (χ0v) is 12.2. The molecule has 1 aromatic carbocycles. The first kappa shape index (κ1) is 14.5. The number of nitrogens with two attached hydrogens (primary N) is 1. The molecule has 1 aromatic rings. The van der Waals surface area contributed by atoms with Gasteiger partial charge in [-0.25, -0.2) is 0 Å². The third-order valence-corrected chi connectivity index (χ3v) is 4.23. The SMILES string of the molecule is CCC1OCCC1C(NN)c1ccc(C(C)C)cc1. The Hall–Kier alpha value is -0.900. The fourth-order valence-electron chi connectivity index (χ4n) is 3.02. The van der Waals surface area contributed by atoms with Crippen LogP contribution in [0.5, 0.6) is 0 Å². The number of hydrogen-bond acceptors (Lipinski definition) is 3. The molecule has 0 spiro atoms. The van der Waals surface area contributed by atoms with Crippen LogP contribution < -0.4 is 11.3 Å². The predicted octanol–water partition coefficient (Wildman–Crippen LogP) is 3.13. The molecule has 0 radical (unpaired) electrons. The number of nitrogens with one attached hydrogen (secondary N) is 1. The summed E-state index contributed by atoms with van der Waals surface area (Å²) in [5, 5.41) is 0. The quantitative estimate of drug-likeness (QED) is 0.633. The van der Waals surface area contributed by atoms with E-state index in [1.165, 1.54) is 11.1 Å². The minimum absolute atomic E-state index is 0.189. The van der Waals surface area contributed by atoms with Gasteiger partial charge in [0.1, 0.15) is 0 Å². The van der Waals surface area contributed by atoms with Gasteiger partial charge in [0, 0.05) is 12.5 Å². The van der Waals surface area contributed by atoms with Crippen LogP contribution in [0, 0.1) is 5.92 Å². The fourth-order valence-corrected chi connectivity index (χ4v) is 3.02. The van der Waals surface area contributed by atoms with Gasteiger partial charge in [0.2, 0.25) is 0 Å². The van der Waals surface area contributed by atoms with Gasteiger partial charge < -0.3 is 4.74 Å². The molecule has 1 aliphatic rings. The van der Waals surface area contributed by atoms with E-state index in [2.05, 4.69) is 50.5 Å². The third kappa shape index (κ3) is 3.16. The van der Waals surface area contributed by atoms with Crippen LogP contribution in [0.15, 0.2) is 24.3 Å². The molecule has 1 heterocycles. The summed E-state index contributed by atoms with van der Waals surface area (Å²) >= 11 is 0. The van der Waals surface area contributed by atoms with Gasteiger partial charge in [0.25, 0.3) is 0 Å². The summed E-state index contributed by atoms with van der Waals surface area (Å²) in [5.41, 5.74) is 5.63. The van der Waals surface area contributed by atoms with E-state index in [0.29, 0.717) is 17.9 Å². The Morgan fingerprint density at radius 1 is 1.26 bits per heavy atom. The van der Waals surface area contributed by atoms with Gasteiger partial charge in [-0.05, 0) is 29.9 Å². The average Bonchev–Trinajstić information content (AvgIpc) is 2.88. The minimum Gasteiger partial charge on any atom is -0.378 e. The van der Waals surface area contributed by atoms with Gasteiger partial charge in [-0.1, -0.05) is 45.0 Å². The van der Waals surface area contributed by atoms with Crippen LogP contribution in [-0.2, 0) is 4.74 Å². The Balaban J connectivity index is 2.17. The molecule has 3 nitrogen and oxygen atoms in total. The molecule has 1 aliphatic heterocycles. The van der Waals surface area contributed by atoms with Crippen LogP contribution in [-0.4, -0.2) is 12.7 Å². The zero-order chi connectivity index (χ0) is 13.8. The standard InChI is InChI=1S/C16H26N2O/c1-4-15-14(9-10-19-15)16(18-17)13-7-5-12(6-8-13)11(2)3/h5-8,11,14-16,18H,4,9-10,17H2,1-3H3. The molecule has 0 saturated carbocycles. The van der Waals surface area contributed by atoms with Gasteiger partial charge >= 0.3 is 0 Å². The maximum absolute atomic E-state index is 5.79. The van der Waals surface area contributed by atoms with Crippen molar-refractivity contribution in [1.82, 2.24) is 5.43 Å². The highest BCUT2D eigenvalue weighted by molar-refractivity contribution is 5.27. The lowest BCUT2D eigenvalue weighted by Crippen LogP contribution is -2.36. The molecule has 106 valence electrons. The van der Waals surface area contributed by atoms with Crippen LogP contribution >= 0.6 is 0 Å². The Morgan fingerprint density at radius 2 is 1.89 bits per heavy atom. The van der Waals surface area contributed by atoms with Crippen molar-refractivity contribution in [3.05, 3.63) is 35.4 Å². The summed E-state index contributed by atoms with van der Waals surface area (Å²) in [7, 11) is 0. The Morgan fingerprint density at radius 3 is 2.42 bits per heavy atom. The van der Waals surface area contributed by atoms with E-state index in [1.807, 2.05) is 0 Å². The van der Waals surface area contributed by atoms with Gasteiger partial charge in [0.15, 0.2) is 0 Å². The normalized spacial score (nSPS) is 24.9. The van der Waals surface area contributed by atoms with Crippen molar-refractivity contribution in [2.45, 2.75) is 51.7 Å². The Kier molecular flexibility index (Phi) is 4.97. The number of benzene rings is 1. The maximum atomic E-state index is 5.79. The average molecular weight is 262 g/mol. The molecule has 19 heavy (non-hydrogen) atoms. The van der Waals surface area contributed by atoms with Crippen molar-refractivity contribution in [2.75, 3.05) is 6.61 Å². The van der Waals surface area contributed by atoms with Crippen molar-refractivity contribution in [3.8, 4) is 0 Å². The lowest BCUT2D eigenvalue weighted by atomic mass is 9.86. The maximum Gasteiger partial charge on any atom is 0.0620 e. The fraction of sp³-hybridized carbons (Fsp3) is 0.625. The van der Waals surface area contributed by atoms with Crippen LogP contribution in [0.3, 0.4) is 0 Å². The summed E-state index contributed by atoms with van der Waals surface area (Å²) in [6.45, 7) is 7.46. The minimum atomic E-state index is 0.189. The molecule has 1 fully saturated rings. The first-order valence-electron chi connectivity index (χ1n) is 7.35. The Bertz CT molecular complexity index is 388. The van der Waals surface area contributed by atoms with Crippen molar-refractivity contribution < 1.29 is 4.74 Å². The van der Waals surface area contributed by atoms with Crippen LogP contribution in [0.4, 0.5) is 0 Å². The molecule has 3 heteroatoms. The summed E-state index contributed by atoms with van der Waals surface area (Å²) in [5.74, 6) is 6.83. The highest BCUT2D eigenvalue weighted by atomic mass is 16.5. The Labute approximate surface area is 116 Å². The molecule has 3 atom stereocenters. The highest BCUT2D eigenvalue weighted by Gasteiger charge is 2.33. The van der Waals surface area contributed by atoms with Crippen molar-refractivity contribution >= 4 is 0 Å². The van der Waals surface area contributed by atoms with E-state index in [0.717, 1.165) is 19.4 Å². The van der Waals surface area contributed by atoms with E-state index in [4.69, 9.17) is 10.6 Å². The number of hydrogen-bond donors (Lipinski definition) is 2. The topological polar surface area (TPSA) is 47.3 Å². The van der Waals surface area contributed by atoms with E-state index in [-0.39, 0.29) is 6.04 Å². The largest absolute Gasteiger partial charge is 0.378 e. The number of ether oxygens (including phenoxy) is 1. The highest BCUT2D eigenvalue weighted by Crippen LogP contribution is 2.34. The van der Waals surface area contributed by atoms with Gasteiger partial charge in [0.05, 0.1) is 12.1 Å². The molecule has 3 N–H and O–H groups in total. The number of hydrazine groups is 1. The molecular formula is C16H26N2O. The smallest absolute Gasteiger partial charge is 0.0620 e. The van der Waals surface area contributed by atoms with Crippen LogP contribution in [0.25, 0.3) is 0 Å². The van der Waals surface area contributed by atoms with Gasteiger partial charge in [-0.3, -0.25) is 11.3 Å². The summed E-state index contributed by atoms with van der Waals surface area (Å²) < 4.78 is 5.79. The number of rotatable bonds is 5. The molecule has 0 aromatic heterocycles. The molecule has 1 saturated heterocycles. The second kappa shape index (κ2) is 6.51. The molecule has 0 bridgehead atoms. The lowest BCUT2D eigenvalue weighted by Gasteiger charge is -2.27. The predicted molar refractivity (Wildman–Crippen MR) is 78.7 cm³/mol. The van der Waals surface area contributed by atoms with Crippen LogP contribution in [0.1, 0.15) is 56.7 Å².